The van der Waals surface area contributed by atoms with Crippen molar-refractivity contribution in [1.29, 1.82) is 0 Å². The van der Waals surface area contributed by atoms with E-state index in [9.17, 15) is 30.0 Å². The molecule has 3 aliphatic rings. The van der Waals surface area contributed by atoms with Crippen LogP contribution in [-0.4, -0.2) is 70.3 Å². The second-order valence-electron chi connectivity index (χ2n) is 9.22. The lowest BCUT2D eigenvalue weighted by atomic mass is 10.1. The lowest BCUT2D eigenvalue weighted by molar-refractivity contribution is -0.184. The molecule has 1 saturated heterocycles. The van der Waals surface area contributed by atoms with E-state index in [1.165, 1.54) is 10.5 Å². The van der Waals surface area contributed by atoms with Crippen LogP contribution in [-0.2, 0) is 20.0 Å². The van der Waals surface area contributed by atoms with E-state index in [4.69, 9.17) is 0 Å². The molecule has 0 bridgehead atoms. The van der Waals surface area contributed by atoms with Gasteiger partial charge in [-0.25, -0.2) is 26.5 Å². The SMILES string of the molecule is O=S(=O)(NCC1(C(F)(F)F)CC1)c1cnc(N2CCN(S(=O)(=O)C3CC3)CC2)c2ccccc12. The Morgan fingerprint density at radius 3 is 2.18 bits per heavy atom. The first-order valence-corrected chi connectivity index (χ1v) is 14.1. The predicted molar refractivity (Wildman–Crippen MR) is 120 cm³/mol. The Labute approximate surface area is 196 Å². The fraction of sp³-hybridized carbons (Fsp3) is 0.571. The highest BCUT2D eigenvalue weighted by molar-refractivity contribution is 7.90. The summed E-state index contributed by atoms with van der Waals surface area (Å²) < 4.78 is 94.3. The molecule has 0 amide bonds. The standard InChI is InChI=1S/C21H25F3N4O4S2/c22-21(23,24)20(7-8-20)14-26-33(29,30)18-13-25-19(17-4-2-1-3-16(17)18)27-9-11-28(12-10-27)34(31,32)15-5-6-15/h1-4,13,15,26H,5-12,14H2. The van der Waals surface area contributed by atoms with Crippen molar-refractivity contribution in [3.8, 4) is 0 Å². The van der Waals surface area contributed by atoms with Crippen molar-refractivity contribution in [1.82, 2.24) is 14.0 Å². The zero-order chi connectivity index (χ0) is 24.4. The molecular formula is C21H25F3N4O4S2. The van der Waals surface area contributed by atoms with Gasteiger partial charge in [0.15, 0.2) is 0 Å². The van der Waals surface area contributed by atoms with E-state index >= 15 is 0 Å². The quantitative estimate of drug-likeness (QED) is 0.605. The van der Waals surface area contributed by atoms with Gasteiger partial charge in [-0.3, -0.25) is 0 Å². The van der Waals surface area contributed by atoms with Gasteiger partial charge in [0.1, 0.15) is 10.7 Å². The predicted octanol–water partition coefficient (Wildman–Crippen LogP) is 2.47. The largest absolute Gasteiger partial charge is 0.395 e. The Morgan fingerprint density at radius 2 is 1.62 bits per heavy atom. The Morgan fingerprint density at radius 1 is 1.00 bits per heavy atom. The first-order chi connectivity index (χ1) is 15.9. The number of pyridine rings is 1. The van der Waals surface area contributed by atoms with Crippen LogP contribution in [0, 0.1) is 5.41 Å². The number of anilines is 1. The van der Waals surface area contributed by atoms with Gasteiger partial charge in [0.25, 0.3) is 0 Å². The molecule has 0 unspecified atom stereocenters. The fourth-order valence-electron chi connectivity index (χ4n) is 4.37. The normalized spacial score (nSPS) is 21.7. The molecule has 1 N–H and O–H groups in total. The molecule has 0 atom stereocenters. The van der Waals surface area contributed by atoms with Gasteiger partial charge in [-0.15, -0.1) is 0 Å². The van der Waals surface area contributed by atoms with Crippen molar-refractivity contribution in [3.63, 3.8) is 0 Å². The molecule has 1 aromatic carbocycles. The minimum absolute atomic E-state index is 0.0978. The minimum Gasteiger partial charge on any atom is -0.353 e. The molecule has 2 aromatic rings. The Hall–Kier alpha value is -1.96. The molecule has 1 aliphatic heterocycles. The van der Waals surface area contributed by atoms with Crippen LogP contribution in [0.2, 0.25) is 0 Å². The van der Waals surface area contributed by atoms with Crippen molar-refractivity contribution < 1.29 is 30.0 Å². The Bertz CT molecular complexity index is 1320. The molecule has 1 aromatic heterocycles. The molecular weight excluding hydrogens is 493 g/mol. The molecule has 34 heavy (non-hydrogen) atoms. The van der Waals surface area contributed by atoms with E-state index in [0.717, 1.165) is 0 Å². The van der Waals surface area contributed by atoms with Gasteiger partial charge in [-0.1, -0.05) is 24.3 Å². The second kappa shape index (κ2) is 8.04. The van der Waals surface area contributed by atoms with Crippen molar-refractivity contribution in [3.05, 3.63) is 30.5 Å². The van der Waals surface area contributed by atoms with E-state index < -0.39 is 38.2 Å². The number of nitrogens with zero attached hydrogens (tertiary/aromatic N) is 3. The summed E-state index contributed by atoms with van der Waals surface area (Å²) in [7, 11) is -7.51. The van der Waals surface area contributed by atoms with Crippen LogP contribution in [0.3, 0.4) is 0 Å². The van der Waals surface area contributed by atoms with E-state index in [2.05, 4.69) is 9.71 Å². The van der Waals surface area contributed by atoms with Crippen molar-refractivity contribution in [2.75, 3.05) is 37.6 Å². The van der Waals surface area contributed by atoms with Crippen LogP contribution in [0.1, 0.15) is 25.7 Å². The average Bonchev–Trinajstić information content (AvgIpc) is 3.70. The van der Waals surface area contributed by atoms with Gasteiger partial charge >= 0.3 is 6.18 Å². The van der Waals surface area contributed by atoms with Crippen molar-refractivity contribution >= 4 is 36.6 Å². The molecule has 13 heteroatoms. The average molecular weight is 519 g/mol. The maximum absolute atomic E-state index is 13.2. The topological polar surface area (TPSA) is 99.7 Å². The molecule has 0 spiro atoms. The second-order valence-corrected chi connectivity index (χ2v) is 13.2. The maximum atomic E-state index is 13.2. The number of halogens is 3. The first-order valence-electron chi connectivity index (χ1n) is 11.1. The zero-order valence-electron chi connectivity index (χ0n) is 18.3. The molecule has 2 saturated carbocycles. The molecule has 2 aliphatic carbocycles. The zero-order valence-corrected chi connectivity index (χ0v) is 19.9. The smallest absolute Gasteiger partial charge is 0.353 e. The summed E-state index contributed by atoms with van der Waals surface area (Å²) >= 11 is 0. The number of aromatic nitrogens is 1. The Kier molecular flexibility index (Phi) is 5.62. The minimum atomic E-state index is -4.46. The molecule has 5 rings (SSSR count). The van der Waals surface area contributed by atoms with Crippen LogP contribution >= 0.6 is 0 Å². The third-order valence-electron chi connectivity index (χ3n) is 6.93. The summed E-state index contributed by atoms with van der Waals surface area (Å²) in [5.41, 5.74) is -2.00. The maximum Gasteiger partial charge on any atom is 0.395 e. The number of hydrogen-bond acceptors (Lipinski definition) is 6. The van der Waals surface area contributed by atoms with Gasteiger partial charge in [0, 0.05) is 49.7 Å². The number of fused-ring (bicyclic) bond motifs is 1. The van der Waals surface area contributed by atoms with E-state index in [-0.39, 0.29) is 23.0 Å². The summed E-state index contributed by atoms with van der Waals surface area (Å²) in [4.78, 5) is 6.09. The lowest BCUT2D eigenvalue weighted by Crippen LogP contribution is -2.49. The van der Waals surface area contributed by atoms with Gasteiger partial charge in [-0.05, 0) is 25.7 Å². The van der Waals surface area contributed by atoms with Gasteiger partial charge in [0.05, 0.1) is 10.7 Å². The van der Waals surface area contributed by atoms with Crippen LogP contribution in [0.5, 0.6) is 0 Å². The number of benzene rings is 1. The summed E-state index contributed by atoms with van der Waals surface area (Å²) in [5, 5.41) is 0.618. The summed E-state index contributed by atoms with van der Waals surface area (Å²) in [6.45, 7) is 0.737. The lowest BCUT2D eigenvalue weighted by Gasteiger charge is -2.35. The Balaban J connectivity index is 1.38. The fourth-order valence-corrected chi connectivity index (χ4v) is 7.48. The number of piperazine rings is 1. The number of alkyl halides is 3. The number of hydrogen-bond donors (Lipinski definition) is 1. The van der Waals surface area contributed by atoms with Crippen LogP contribution < -0.4 is 9.62 Å². The number of sulfonamides is 2. The van der Waals surface area contributed by atoms with E-state index in [0.29, 0.717) is 55.6 Å². The van der Waals surface area contributed by atoms with Crippen LogP contribution in [0.4, 0.5) is 19.0 Å². The molecule has 2 heterocycles. The highest BCUT2D eigenvalue weighted by Gasteiger charge is 2.63. The van der Waals surface area contributed by atoms with E-state index in [1.807, 2.05) is 4.90 Å². The third kappa shape index (κ3) is 4.16. The molecule has 8 nitrogen and oxygen atoms in total. The van der Waals surface area contributed by atoms with Gasteiger partial charge in [-0.2, -0.15) is 17.5 Å². The first kappa shape index (κ1) is 23.8. The van der Waals surface area contributed by atoms with E-state index in [1.54, 1.807) is 24.3 Å². The number of nitrogens with one attached hydrogen (secondary N) is 1. The molecule has 3 fully saturated rings. The molecule has 0 radical (unpaired) electrons. The summed E-state index contributed by atoms with van der Waals surface area (Å²) in [6.07, 6.45) is -2.10. The van der Waals surface area contributed by atoms with Gasteiger partial charge in [0.2, 0.25) is 20.0 Å². The summed E-state index contributed by atoms with van der Waals surface area (Å²) in [5.74, 6) is 0.520. The van der Waals surface area contributed by atoms with Crippen LogP contribution in [0.25, 0.3) is 10.8 Å². The highest BCUT2D eigenvalue weighted by atomic mass is 32.2. The van der Waals surface area contributed by atoms with Crippen molar-refractivity contribution in [2.24, 2.45) is 5.41 Å². The third-order valence-corrected chi connectivity index (χ3v) is 10.8. The monoisotopic (exact) mass is 518 g/mol. The van der Waals surface area contributed by atoms with Gasteiger partial charge < -0.3 is 4.90 Å². The summed E-state index contributed by atoms with van der Waals surface area (Å²) in [6, 6.07) is 6.69. The highest BCUT2D eigenvalue weighted by Crippen LogP contribution is 2.57. The number of rotatable bonds is 7. The van der Waals surface area contributed by atoms with Crippen LogP contribution in [0.15, 0.2) is 35.4 Å². The molecule has 186 valence electrons. The van der Waals surface area contributed by atoms with Crippen molar-refractivity contribution in [2.45, 2.75) is 42.0 Å².